The van der Waals surface area contributed by atoms with Crippen molar-refractivity contribution in [3.05, 3.63) is 35.4 Å². The number of aliphatic hydroxyl groups is 1. The van der Waals surface area contributed by atoms with E-state index in [1.54, 1.807) is 0 Å². The maximum Gasteiger partial charge on any atom is 0.130 e. The molecule has 1 aromatic rings. The molecule has 1 heterocycles. The van der Waals surface area contributed by atoms with Gasteiger partial charge < -0.3 is 10.0 Å². The van der Waals surface area contributed by atoms with Gasteiger partial charge in [0.05, 0.1) is 6.10 Å². The molecule has 2 rings (SSSR count). The molecular formula is C14H20F2N2O. The molecule has 0 aliphatic carbocycles. The van der Waals surface area contributed by atoms with E-state index in [0.717, 1.165) is 6.54 Å². The first kappa shape index (κ1) is 14.4. The standard InChI is InChI=1S/C14H20F2N2O/c1-17(2)7-10-6-11(19)8-18(10)9-12-13(15)4-3-5-14(12)16/h3-5,10-11,19H,6-9H2,1-2H3. The van der Waals surface area contributed by atoms with Crippen molar-refractivity contribution in [1.29, 1.82) is 0 Å². The van der Waals surface area contributed by atoms with Crippen LogP contribution in [-0.4, -0.2) is 54.2 Å². The number of benzene rings is 1. The lowest BCUT2D eigenvalue weighted by atomic mass is 10.1. The first-order valence-corrected chi connectivity index (χ1v) is 6.47. The van der Waals surface area contributed by atoms with Crippen LogP contribution in [0.1, 0.15) is 12.0 Å². The molecule has 1 aliphatic rings. The number of likely N-dealkylation sites (tertiary alicyclic amines) is 1. The molecule has 19 heavy (non-hydrogen) atoms. The van der Waals surface area contributed by atoms with Crippen molar-refractivity contribution < 1.29 is 13.9 Å². The number of nitrogens with zero attached hydrogens (tertiary/aromatic N) is 2. The summed E-state index contributed by atoms with van der Waals surface area (Å²) in [6, 6.07) is 4.03. The molecular weight excluding hydrogens is 250 g/mol. The van der Waals surface area contributed by atoms with Crippen LogP contribution in [0.2, 0.25) is 0 Å². The van der Waals surface area contributed by atoms with Gasteiger partial charge in [0.25, 0.3) is 0 Å². The van der Waals surface area contributed by atoms with Crippen molar-refractivity contribution in [3.8, 4) is 0 Å². The zero-order valence-corrected chi connectivity index (χ0v) is 11.3. The molecule has 0 amide bonds. The first-order chi connectivity index (χ1) is 8.97. The number of hydrogen-bond acceptors (Lipinski definition) is 3. The fourth-order valence-electron chi connectivity index (χ4n) is 2.65. The lowest BCUT2D eigenvalue weighted by Crippen LogP contribution is -2.37. The minimum atomic E-state index is -0.523. The molecule has 2 unspecified atom stereocenters. The van der Waals surface area contributed by atoms with Crippen molar-refractivity contribution in [1.82, 2.24) is 9.80 Å². The fourth-order valence-corrected chi connectivity index (χ4v) is 2.65. The zero-order valence-electron chi connectivity index (χ0n) is 11.3. The molecule has 0 aromatic heterocycles. The molecule has 1 aliphatic heterocycles. The quantitative estimate of drug-likeness (QED) is 0.897. The summed E-state index contributed by atoms with van der Waals surface area (Å²) in [4.78, 5) is 3.97. The summed E-state index contributed by atoms with van der Waals surface area (Å²) in [5.74, 6) is -1.05. The summed E-state index contributed by atoms with van der Waals surface area (Å²) in [7, 11) is 3.90. The Bertz CT molecular complexity index is 419. The number of rotatable bonds is 4. The van der Waals surface area contributed by atoms with E-state index in [4.69, 9.17) is 0 Å². The smallest absolute Gasteiger partial charge is 0.130 e. The van der Waals surface area contributed by atoms with Gasteiger partial charge in [-0.25, -0.2) is 8.78 Å². The van der Waals surface area contributed by atoms with Crippen molar-refractivity contribution in [2.45, 2.75) is 25.1 Å². The zero-order chi connectivity index (χ0) is 14.0. The SMILES string of the molecule is CN(C)CC1CC(O)CN1Cc1c(F)cccc1F. The lowest BCUT2D eigenvalue weighted by molar-refractivity contribution is 0.167. The lowest BCUT2D eigenvalue weighted by Gasteiger charge is -2.26. The highest BCUT2D eigenvalue weighted by molar-refractivity contribution is 5.20. The predicted molar refractivity (Wildman–Crippen MR) is 69.7 cm³/mol. The summed E-state index contributed by atoms with van der Waals surface area (Å²) < 4.78 is 27.3. The Morgan fingerprint density at radius 2 is 1.95 bits per heavy atom. The van der Waals surface area contributed by atoms with Gasteiger partial charge in [0.2, 0.25) is 0 Å². The fraction of sp³-hybridized carbons (Fsp3) is 0.571. The Labute approximate surface area is 112 Å². The number of halogens is 2. The van der Waals surface area contributed by atoms with E-state index in [1.807, 2.05) is 23.9 Å². The van der Waals surface area contributed by atoms with Gasteiger partial charge in [-0.15, -0.1) is 0 Å². The molecule has 0 radical (unpaired) electrons. The Hall–Kier alpha value is -1.04. The van der Waals surface area contributed by atoms with Crippen molar-refractivity contribution in [2.75, 3.05) is 27.2 Å². The molecule has 5 heteroatoms. The first-order valence-electron chi connectivity index (χ1n) is 6.47. The van der Waals surface area contributed by atoms with Crippen LogP contribution >= 0.6 is 0 Å². The van der Waals surface area contributed by atoms with Crippen LogP contribution in [0.25, 0.3) is 0 Å². The molecule has 1 aromatic carbocycles. The monoisotopic (exact) mass is 270 g/mol. The van der Waals surface area contributed by atoms with Crippen molar-refractivity contribution in [2.24, 2.45) is 0 Å². The van der Waals surface area contributed by atoms with E-state index in [9.17, 15) is 13.9 Å². The summed E-state index contributed by atoms with van der Waals surface area (Å²) in [6.07, 6.45) is 0.230. The Morgan fingerprint density at radius 3 is 2.53 bits per heavy atom. The molecule has 1 N–H and O–H groups in total. The number of β-amino-alcohol motifs (C(OH)–C–C–N with tert-alkyl or cyclic N) is 1. The van der Waals surface area contributed by atoms with E-state index >= 15 is 0 Å². The van der Waals surface area contributed by atoms with Crippen LogP contribution in [0.3, 0.4) is 0 Å². The molecule has 2 atom stereocenters. The van der Waals surface area contributed by atoms with Crippen LogP contribution in [0, 0.1) is 11.6 Å². The third-order valence-electron chi connectivity index (χ3n) is 3.50. The second kappa shape index (κ2) is 5.94. The predicted octanol–water partition coefficient (Wildman–Crippen LogP) is 1.46. The van der Waals surface area contributed by atoms with E-state index in [2.05, 4.69) is 0 Å². The van der Waals surface area contributed by atoms with Crippen molar-refractivity contribution in [3.63, 3.8) is 0 Å². The second-order valence-corrected chi connectivity index (χ2v) is 5.44. The van der Waals surface area contributed by atoms with Gasteiger partial charge >= 0.3 is 0 Å². The maximum atomic E-state index is 13.7. The molecule has 0 saturated carbocycles. The highest BCUT2D eigenvalue weighted by Crippen LogP contribution is 2.23. The minimum absolute atomic E-state index is 0.0837. The number of likely N-dealkylation sites (N-methyl/N-ethyl adjacent to an activating group) is 1. The van der Waals surface area contributed by atoms with E-state index < -0.39 is 17.7 Å². The minimum Gasteiger partial charge on any atom is -0.392 e. The summed E-state index contributed by atoms with van der Waals surface area (Å²) >= 11 is 0. The topological polar surface area (TPSA) is 26.7 Å². The summed E-state index contributed by atoms with van der Waals surface area (Å²) in [5, 5.41) is 9.75. The van der Waals surface area contributed by atoms with Crippen LogP contribution in [0.15, 0.2) is 18.2 Å². The highest BCUT2D eigenvalue weighted by Gasteiger charge is 2.32. The number of aliphatic hydroxyl groups excluding tert-OH is 1. The third-order valence-corrected chi connectivity index (χ3v) is 3.50. The Morgan fingerprint density at radius 1 is 1.32 bits per heavy atom. The van der Waals surface area contributed by atoms with Gasteiger partial charge in [0.1, 0.15) is 11.6 Å². The van der Waals surface area contributed by atoms with Crippen LogP contribution in [0.4, 0.5) is 8.78 Å². The normalized spacial score (nSPS) is 24.3. The molecule has 1 fully saturated rings. The molecule has 1 saturated heterocycles. The largest absolute Gasteiger partial charge is 0.392 e. The van der Waals surface area contributed by atoms with Gasteiger partial charge in [0.15, 0.2) is 0 Å². The second-order valence-electron chi connectivity index (χ2n) is 5.44. The molecule has 0 bridgehead atoms. The summed E-state index contributed by atoms with van der Waals surface area (Å²) in [5.41, 5.74) is 0.0837. The van der Waals surface area contributed by atoms with Gasteiger partial charge in [-0.3, -0.25) is 4.90 Å². The molecule has 3 nitrogen and oxygen atoms in total. The van der Waals surface area contributed by atoms with Gasteiger partial charge in [0, 0.05) is 31.2 Å². The van der Waals surface area contributed by atoms with Gasteiger partial charge in [-0.1, -0.05) is 6.07 Å². The van der Waals surface area contributed by atoms with Crippen LogP contribution in [-0.2, 0) is 6.54 Å². The highest BCUT2D eigenvalue weighted by atomic mass is 19.1. The molecule has 0 spiro atoms. The molecule has 106 valence electrons. The van der Waals surface area contributed by atoms with Gasteiger partial charge in [-0.05, 0) is 32.6 Å². The summed E-state index contributed by atoms with van der Waals surface area (Å²) in [6.45, 7) is 1.44. The van der Waals surface area contributed by atoms with Gasteiger partial charge in [-0.2, -0.15) is 0 Å². The Kier molecular flexibility index (Phi) is 4.50. The van der Waals surface area contributed by atoms with E-state index in [0.29, 0.717) is 13.0 Å². The maximum absolute atomic E-state index is 13.7. The number of hydrogen-bond donors (Lipinski definition) is 1. The van der Waals surface area contributed by atoms with Crippen LogP contribution < -0.4 is 0 Å². The van der Waals surface area contributed by atoms with E-state index in [-0.39, 0.29) is 18.2 Å². The third kappa shape index (κ3) is 3.49. The van der Waals surface area contributed by atoms with E-state index in [1.165, 1.54) is 18.2 Å². The average molecular weight is 270 g/mol. The average Bonchev–Trinajstić information content (AvgIpc) is 2.63. The Balaban J connectivity index is 2.12. The van der Waals surface area contributed by atoms with Crippen molar-refractivity contribution >= 4 is 0 Å². The van der Waals surface area contributed by atoms with Crippen LogP contribution in [0.5, 0.6) is 0 Å².